The smallest absolute Gasteiger partial charge is 0.489 e. The molecule has 46 heavy (non-hydrogen) atoms. The molecule has 0 saturated carbocycles. The van der Waals surface area contributed by atoms with Crippen LogP contribution < -0.4 is 10.1 Å². The highest BCUT2D eigenvalue weighted by atomic mass is 32.2. The molecule has 1 atom stereocenters. The van der Waals surface area contributed by atoms with E-state index in [0.717, 1.165) is 37.1 Å². The summed E-state index contributed by atoms with van der Waals surface area (Å²) in [4.78, 5) is 36.4. The second-order valence-corrected chi connectivity index (χ2v) is 11.4. The number of carboxylic acid groups (broad SMARTS) is 2. The molecule has 0 bridgehead atoms. The predicted octanol–water partition coefficient (Wildman–Crippen LogP) is 6.13. The van der Waals surface area contributed by atoms with E-state index in [1.165, 1.54) is 23.9 Å². The first-order valence-corrected chi connectivity index (χ1v) is 15.2. The molecule has 8 nitrogen and oxygen atoms in total. The van der Waals surface area contributed by atoms with Gasteiger partial charge in [0.15, 0.2) is 17.4 Å². The van der Waals surface area contributed by atoms with Crippen LogP contribution in [-0.2, 0) is 16.2 Å². The Morgan fingerprint density at radius 1 is 1.00 bits per heavy atom. The van der Waals surface area contributed by atoms with Crippen molar-refractivity contribution in [3.63, 3.8) is 0 Å². The lowest BCUT2D eigenvalue weighted by molar-refractivity contribution is -0.192. The minimum Gasteiger partial charge on any atom is -0.489 e. The summed E-state index contributed by atoms with van der Waals surface area (Å²) in [6, 6.07) is 16.1. The maximum atomic E-state index is 13.8. The van der Waals surface area contributed by atoms with Gasteiger partial charge in [0, 0.05) is 10.5 Å². The quantitative estimate of drug-likeness (QED) is 0.126. The van der Waals surface area contributed by atoms with Gasteiger partial charge < -0.3 is 19.8 Å². The third-order valence-electron chi connectivity index (χ3n) is 7.26. The third-order valence-corrected chi connectivity index (χ3v) is 8.04. The maximum Gasteiger partial charge on any atom is 0.490 e. The Morgan fingerprint density at radius 2 is 1.61 bits per heavy atom. The predicted molar refractivity (Wildman–Crippen MR) is 162 cm³/mol. The number of ether oxygens (including phenoxy) is 1. The van der Waals surface area contributed by atoms with Crippen molar-refractivity contribution in [1.82, 2.24) is 10.2 Å². The molecule has 3 aromatic rings. The van der Waals surface area contributed by atoms with E-state index in [1.807, 2.05) is 19.4 Å². The van der Waals surface area contributed by atoms with Crippen molar-refractivity contribution >= 4 is 29.5 Å². The van der Waals surface area contributed by atoms with E-state index in [9.17, 15) is 36.6 Å². The normalized spacial score (nSPS) is 14.6. The lowest BCUT2D eigenvalue weighted by atomic mass is 9.85. The van der Waals surface area contributed by atoms with Crippen molar-refractivity contribution < 1.29 is 51.3 Å². The van der Waals surface area contributed by atoms with Gasteiger partial charge in [0.05, 0.1) is 12.6 Å². The Bertz CT molecular complexity index is 1510. The summed E-state index contributed by atoms with van der Waals surface area (Å²) >= 11 is 1.34. The van der Waals surface area contributed by atoms with Gasteiger partial charge in [-0.15, -0.1) is 11.8 Å². The van der Waals surface area contributed by atoms with Gasteiger partial charge in [-0.2, -0.15) is 13.2 Å². The van der Waals surface area contributed by atoms with Crippen molar-refractivity contribution in [2.45, 2.75) is 36.6 Å². The van der Waals surface area contributed by atoms with E-state index < -0.39 is 35.8 Å². The van der Waals surface area contributed by atoms with E-state index in [1.54, 1.807) is 42.5 Å². The van der Waals surface area contributed by atoms with Gasteiger partial charge in [-0.3, -0.25) is 14.9 Å². The van der Waals surface area contributed by atoms with E-state index in [0.29, 0.717) is 21.8 Å². The van der Waals surface area contributed by atoms with E-state index in [4.69, 9.17) is 14.6 Å². The first-order valence-electron chi connectivity index (χ1n) is 14.0. The summed E-state index contributed by atoms with van der Waals surface area (Å²) in [6.45, 7) is 1.68. The van der Waals surface area contributed by atoms with Crippen LogP contribution in [0.1, 0.15) is 28.8 Å². The summed E-state index contributed by atoms with van der Waals surface area (Å²) in [7, 11) is 2.04. The molecule has 1 fully saturated rings. The highest BCUT2D eigenvalue weighted by molar-refractivity contribution is 7.98. The fraction of sp³-hybridized carbons (Fsp3) is 0.344. The lowest BCUT2D eigenvalue weighted by Crippen LogP contribution is -2.48. The monoisotopic (exact) mass is 668 g/mol. The Hall–Kier alpha value is -4.01. The minimum atomic E-state index is -5.08. The Balaban J connectivity index is 0.000000738. The molecule has 248 valence electrons. The van der Waals surface area contributed by atoms with Crippen LogP contribution in [0.15, 0.2) is 65.6 Å². The van der Waals surface area contributed by atoms with Gasteiger partial charge in [0.1, 0.15) is 12.4 Å². The maximum absolute atomic E-state index is 13.8. The average molecular weight is 669 g/mol. The number of carboxylic acids is 2. The molecule has 0 spiro atoms. The first kappa shape index (κ1) is 36.5. The second-order valence-electron chi connectivity index (χ2n) is 10.5. The van der Waals surface area contributed by atoms with Crippen LogP contribution in [0.25, 0.3) is 11.1 Å². The molecule has 3 N–H and O–H groups in total. The zero-order valence-corrected chi connectivity index (χ0v) is 25.8. The minimum absolute atomic E-state index is 0.0627. The third kappa shape index (κ3) is 10.5. The fourth-order valence-electron chi connectivity index (χ4n) is 4.85. The first-order chi connectivity index (χ1) is 21.7. The number of Topliss-reactive ketones (excluding diaryl/α,β-unsaturated/α-hetero) is 1. The van der Waals surface area contributed by atoms with Crippen LogP contribution in [0.4, 0.5) is 22.0 Å². The number of halogens is 5. The molecular weight excluding hydrogens is 635 g/mol. The summed E-state index contributed by atoms with van der Waals surface area (Å²) in [5.74, 6) is -4.99. The van der Waals surface area contributed by atoms with E-state index >= 15 is 0 Å². The molecule has 0 radical (unpaired) electrons. The van der Waals surface area contributed by atoms with Crippen LogP contribution in [0, 0.1) is 17.6 Å². The molecule has 1 heterocycles. The number of nitrogens with zero attached hydrogens (tertiary/aromatic N) is 1. The average Bonchev–Trinajstić information content (AvgIpc) is 3.02. The number of likely N-dealkylation sites (tertiary alicyclic amines) is 1. The number of hydrogen-bond donors (Lipinski definition) is 3. The van der Waals surface area contributed by atoms with Crippen molar-refractivity contribution in [1.29, 1.82) is 0 Å². The number of aliphatic carboxylic acids is 2. The Labute approximate surface area is 266 Å². The molecular formula is C32H33F5N2O6S. The number of piperidine rings is 1. The van der Waals surface area contributed by atoms with Crippen molar-refractivity contribution in [2.24, 2.45) is 5.92 Å². The van der Waals surface area contributed by atoms with Crippen molar-refractivity contribution in [3.8, 4) is 16.9 Å². The van der Waals surface area contributed by atoms with Gasteiger partial charge >= 0.3 is 18.1 Å². The van der Waals surface area contributed by atoms with Crippen molar-refractivity contribution in [2.75, 3.05) is 32.9 Å². The highest BCUT2D eigenvalue weighted by Crippen LogP contribution is 2.33. The number of rotatable bonds is 11. The molecule has 4 rings (SSSR count). The zero-order valence-electron chi connectivity index (χ0n) is 24.9. The summed E-state index contributed by atoms with van der Waals surface area (Å²) < 4.78 is 65.1. The summed E-state index contributed by atoms with van der Waals surface area (Å²) in [5, 5.41) is 19.3. The number of benzene rings is 3. The van der Waals surface area contributed by atoms with Crippen LogP contribution >= 0.6 is 11.8 Å². The molecule has 1 aliphatic heterocycles. The molecule has 3 aromatic carbocycles. The molecule has 14 heteroatoms. The van der Waals surface area contributed by atoms with Crippen LogP contribution in [-0.4, -0.2) is 78.0 Å². The second kappa shape index (κ2) is 16.5. The van der Waals surface area contributed by atoms with Gasteiger partial charge in [-0.1, -0.05) is 30.3 Å². The fourth-order valence-corrected chi connectivity index (χ4v) is 5.46. The standard InChI is InChI=1S/C30H32F2N2O4S.C2HF3O2/c1-34-12-10-21(11-13-34)29(33-17-28(35)36)30(37)22-5-3-4-19(14-22)18-38-23-8-6-20(7-9-23)24-15-25(31)26(32)16-27(24)39-2;3-2(4,5)1(6)7/h3-9,14-16,21,29,33H,10-13,17-18H2,1-2H3,(H,35,36);(H,6,7). The number of nitrogens with one attached hydrogen (secondary N) is 1. The van der Waals surface area contributed by atoms with Crippen LogP contribution in [0.3, 0.4) is 0 Å². The molecule has 1 unspecified atom stereocenters. The number of carbonyl (C=O) groups is 3. The zero-order chi connectivity index (χ0) is 34.0. The lowest BCUT2D eigenvalue weighted by Gasteiger charge is -2.34. The molecule has 0 aliphatic carbocycles. The SMILES string of the molecule is CSc1cc(F)c(F)cc1-c1ccc(OCc2cccc(C(=O)C(NCC(=O)O)C3CCN(C)CC3)c2)cc1.O=C(O)C(F)(F)F. The van der Waals surface area contributed by atoms with Gasteiger partial charge in [-0.25, -0.2) is 13.6 Å². The molecule has 1 aliphatic rings. The number of carbonyl (C=O) groups excluding carboxylic acids is 1. The molecule has 0 amide bonds. The number of hydrogen-bond acceptors (Lipinski definition) is 7. The van der Waals surface area contributed by atoms with E-state index in [-0.39, 0.29) is 24.9 Å². The Kier molecular flexibility index (Phi) is 13.1. The Morgan fingerprint density at radius 3 is 2.17 bits per heavy atom. The largest absolute Gasteiger partial charge is 0.490 e. The molecule has 1 saturated heterocycles. The highest BCUT2D eigenvalue weighted by Gasteiger charge is 2.38. The topological polar surface area (TPSA) is 116 Å². The molecule has 0 aromatic heterocycles. The number of ketones is 1. The van der Waals surface area contributed by atoms with Gasteiger partial charge in [-0.05, 0) is 92.2 Å². The van der Waals surface area contributed by atoms with Crippen LogP contribution in [0.5, 0.6) is 5.75 Å². The van der Waals surface area contributed by atoms with Crippen molar-refractivity contribution in [3.05, 3.63) is 83.4 Å². The van der Waals surface area contributed by atoms with Gasteiger partial charge in [0.2, 0.25) is 0 Å². The van der Waals surface area contributed by atoms with Crippen LogP contribution in [0.2, 0.25) is 0 Å². The van der Waals surface area contributed by atoms with E-state index in [2.05, 4.69) is 10.2 Å². The number of alkyl halides is 3. The summed E-state index contributed by atoms with van der Waals surface area (Å²) in [5.41, 5.74) is 2.66. The van der Waals surface area contributed by atoms with Gasteiger partial charge in [0.25, 0.3) is 0 Å². The summed E-state index contributed by atoms with van der Waals surface area (Å²) in [6.07, 6.45) is -1.63. The number of thioether (sulfide) groups is 1.